The van der Waals surface area contributed by atoms with Gasteiger partial charge in [-0.05, 0) is 19.3 Å². The van der Waals surface area contributed by atoms with E-state index in [2.05, 4.69) is 41.8 Å². The highest BCUT2D eigenvalue weighted by Gasteiger charge is 2.42. The summed E-state index contributed by atoms with van der Waals surface area (Å²) < 4.78 is 1.25. The molecule has 0 aliphatic carbocycles. The monoisotopic (exact) mass is 198 g/mol. The Labute approximate surface area is 90.1 Å². The Morgan fingerprint density at radius 2 is 1.21 bits per heavy atom. The van der Waals surface area contributed by atoms with Crippen molar-refractivity contribution in [3.05, 3.63) is 0 Å². The van der Waals surface area contributed by atoms with Gasteiger partial charge in [-0.3, -0.25) is 0 Å². The molecule has 0 radical (unpaired) electrons. The number of hydrogen-bond acceptors (Lipinski definition) is 0. The highest BCUT2D eigenvalue weighted by molar-refractivity contribution is 4.76. The predicted octanol–water partition coefficient (Wildman–Crippen LogP) is 3.30. The average Bonchev–Trinajstić information content (AvgIpc) is 2.01. The van der Waals surface area contributed by atoms with Gasteiger partial charge in [0.05, 0.1) is 26.2 Å². The van der Waals surface area contributed by atoms with Crippen LogP contribution in [0.15, 0.2) is 0 Å². The molecule has 1 saturated heterocycles. The van der Waals surface area contributed by atoms with Crippen molar-refractivity contribution in [2.45, 2.75) is 59.0 Å². The third-order valence-electron chi connectivity index (χ3n) is 4.25. The van der Waals surface area contributed by atoms with Gasteiger partial charge >= 0.3 is 0 Å². The molecule has 84 valence electrons. The maximum Gasteiger partial charge on any atom is 0.0911 e. The van der Waals surface area contributed by atoms with Crippen LogP contribution in [-0.2, 0) is 0 Å². The van der Waals surface area contributed by atoms with Crippen molar-refractivity contribution in [2.24, 2.45) is 11.8 Å². The Bertz CT molecular complexity index is 164. The molecule has 14 heavy (non-hydrogen) atoms. The van der Waals surface area contributed by atoms with Crippen LogP contribution in [-0.4, -0.2) is 30.7 Å². The Kier molecular flexibility index (Phi) is 3.63. The van der Waals surface area contributed by atoms with E-state index in [1.807, 2.05) is 0 Å². The van der Waals surface area contributed by atoms with Gasteiger partial charge in [0, 0.05) is 11.8 Å². The molecule has 2 unspecified atom stereocenters. The van der Waals surface area contributed by atoms with Crippen molar-refractivity contribution in [2.75, 3.05) is 14.1 Å². The standard InChI is InChI=1S/C13H28N/c1-10(2)12-8-7-9-13(11(3)4)14(12,5)6/h10-13H,7-9H2,1-6H3/q+1. The molecular formula is C13H28N+. The summed E-state index contributed by atoms with van der Waals surface area (Å²) >= 11 is 0. The van der Waals surface area contributed by atoms with Crippen molar-refractivity contribution in [1.29, 1.82) is 0 Å². The van der Waals surface area contributed by atoms with E-state index in [4.69, 9.17) is 0 Å². The molecule has 1 nitrogen and oxygen atoms in total. The number of rotatable bonds is 2. The van der Waals surface area contributed by atoms with E-state index in [-0.39, 0.29) is 0 Å². The van der Waals surface area contributed by atoms with Crippen LogP contribution in [0, 0.1) is 11.8 Å². The second-order valence-corrected chi connectivity index (χ2v) is 6.18. The minimum absolute atomic E-state index is 0.826. The number of quaternary nitrogens is 1. The van der Waals surface area contributed by atoms with Crippen LogP contribution in [0.2, 0.25) is 0 Å². The second kappa shape index (κ2) is 4.22. The molecule has 0 amide bonds. The Morgan fingerprint density at radius 1 is 0.857 bits per heavy atom. The molecule has 1 fully saturated rings. The van der Waals surface area contributed by atoms with Crippen molar-refractivity contribution >= 4 is 0 Å². The van der Waals surface area contributed by atoms with Gasteiger partial charge in [0.25, 0.3) is 0 Å². The molecule has 1 heteroatoms. The lowest BCUT2D eigenvalue weighted by Crippen LogP contribution is -2.61. The largest absolute Gasteiger partial charge is 0.323 e. The highest BCUT2D eigenvalue weighted by Crippen LogP contribution is 2.35. The average molecular weight is 198 g/mol. The zero-order chi connectivity index (χ0) is 10.9. The molecule has 0 saturated carbocycles. The number of likely N-dealkylation sites (tertiary alicyclic amines) is 1. The molecule has 1 aliphatic heterocycles. The molecule has 2 atom stereocenters. The SMILES string of the molecule is CC(C)C1CCCC(C(C)C)[N+]1(C)C. The highest BCUT2D eigenvalue weighted by atomic mass is 15.4. The molecule has 0 aromatic heterocycles. The van der Waals surface area contributed by atoms with Crippen molar-refractivity contribution < 1.29 is 4.48 Å². The number of hydrogen-bond donors (Lipinski definition) is 0. The summed E-state index contributed by atoms with van der Waals surface area (Å²) in [5.74, 6) is 1.65. The van der Waals surface area contributed by atoms with Crippen LogP contribution in [0.1, 0.15) is 47.0 Å². The summed E-state index contributed by atoms with van der Waals surface area (Å²) in [6.07, 6.45) is 4.29. The van der Waals surface area contributed by atoms with E-state index in [0.717, 1.165) is 23.9 Å². The lowest BCUT2D eigenvalue weighted by Gasteiger charge is -2.51. The lowest BCUT2D eigenvalue weighted by molar-refractivity contribution is -0.950. The van der Waals surface area contributed by atoms with Crippen LogP contribution in [0.3, 0.4) is 0 Å². The lowest BCUT2D eigenvalue weighted by atomic mass is 9.83. The molecule has 1 heterocycles. The fourth-order valence-corrected chi connectivity index (χ4v) is 3.65. The zero-order valence-corrected chi connectivity index (χ0v) is 10.9. The minimum Gasteiger partial charge on any atom is -0.323 e. The third kappa shape index (κ3) is 2.13. The van der Waals surface area contributed by atoms with Gasteiger partial charge in [0.15, 0.2) is 0 Å². The molecule has 1 aliphatic rings. The molecule has 0 aromatic rings. The summed E-state index contributed by atoms with van der Waals surface area (Å²) in [7, 11) is 4.88. The zero-order valence-electron chi connectivity index (χ0n) is 10.9. The van der Waals surface area contributed by atoms with Gasteiger partial charge in [0.2, 0.25) is 0 Å². The van der Waals surface area contributed by atoms with Crippen molar-refractivity contribution in [3.8, 4) is 0 Å². The molecule has 0 aromatic carbocycles. The summed E-state index contributed by atoms with van der Waals surface area (Å²) in [6.45, 7) is 9.53. The van der Waals surface area contributed by atoms with Gasteiger partial charge in [0.1, 0.15) is 0 Å². The van der Waals surface area contributed by atoms with Crippen LogP contribution in [0.4, 0.5) is 0 Å². The first-order valence-electron chi connectivity index (χ1n) is 6.20. The quantitative estimate of drug-likeness (QED) is 0.597. The van der Waals surface area contributed by atoms with Crippen molar-refractivity contribution in [1.82, 2.24) is 0 Å². The van der Waals surface area contributed by atoms with E-state index in [1.165, 1.54) is 23.7 Å². The Morgan fingerprint density at radius 3 is 1.50 bits per heavy atom. The van der Waals surface area contributed by atoms with Gasteiger partial charge in [-0.1, -0.05) is 27.7 Å². The third-order valence-corrected chi connectivity index (χ3v) is 4.25. The smallest absolute Gasteiger partial charge is 0.0911 e. The maximum atomic E-state index is 2.44. The van der Waals surface area contributed by atoms with Gasteiger partial charge < -0.3 is 4.48 Å². The Balaban J connectivity index is 2.81. The molecule has 0 N–H and O–H groups in total. The maximum absolute atomic E-state index is 2.44. The normalized spacial score (nSPS) is 32.6. The van der Waals surface area contributed by atoms with Crippen LogP contribution in [0.5, 0.6) is 0 Å². The second-order valence-electron chi connectivity index (χ2n) is 6.18. The fourth-order valence-electron chi connectivity index (χ4n) is 3.65. The first-order chi connectivity index (χ1) is 6.37. The van der Waals surface area contributed by atoms with Gasteiger partial charge in [-0.15, -0.1) is 0 Å². The van der Waals surface area contributed by atoms with E-state index < -0.39 is 0 Å². The van der Waals surface area contributed by atoms with Crippen LogP contribution >= 0.6 is 0 Å². The summed E-state index contributed by atoms with van der Waals surface area (Å²) in [5, 5.41) is 0. The molecular weight excluding hydrogens is 170 g/mol. The summed E-state index contributed by atoms with van der Waals surface area (Å²) in [4.78, 5) is 0. The van der Waals surface area contributed by atoms with E-state index in [1.54, 1.807) is 0 Å². The van der Waals surface area contributed by atoms with E-state index >= 15 is 0 Å². The number of piperidine rings is 1. The predicted molar refractivity (Wildman–Crippen MR) is 63.2 cm³/mol. The topological polar surface area (TPSA) is 0 Å². The summed E-state index contributed by atoms with van der Waals surface area (Å²) in [5.41, 5.74) is 0. The molecule has 0 spiro atoms. The fraction of sp³-hybridized carbons (Fsp3) is 1.00. The number of nitrogens with zero attached hydrogens (tertiary/aromatic N) is 1. The van der Waals surface area contributed by atoms with E-state index in [0.29, 0.717) is 0 Å². The Hall–Kier alpha value is -0.0400. The van der Waals surface area contributed by atoms with Crippen molar-refractivity contribution in [3.63, 3.8) is 0 Å². The van der Waals surface area contributed by atoms with Gasteiger partial charge in [-0.25, -0.2) is 0 Å². The minimum atomic E-state index is 0.826. The molecule has 1 rings (SSSR count). The molecule has 0 bridgehead atoms. The van der Waals surface area contributed by atoms with Gasteiger partial charge in [-0.2, -0.15) is 0 Å². The van der Waals surface area contributed by atoms with E-state index in [9.17, 15) is 0 Å². The van der Waals surface area contributed by atoms with Crippen LogP contribution in [0.25, 0.3) is 0 Å². The summed E-state index contributed by atoms with van der Waals surface area (Å²) in [6, 6.07) is 1.74. The van der Waals surface area contributed by atoms with Crippen LogP contribution < -0.4 is 0 Å². The first kappa shape index (κ1) is 12.0. The first-order valence-corrected chi connectivity index (χ1v) is 6.20.